The summed E-state index contributed by atoms with van der Waals surface area (Å²) in [4.78, 5) is 0. The van der Waals surface area contributed by atoms with E-state index in [-0.39, 0.29) is 0 Å². The minimum Gasteiger partial charge on any atom is -0.103 e. The molecule has 0 N–H and O–H groups in total. The molecule has 2 aromatic rings. The van der Waals surface area contributed by atoms with E-state index in [2.05, 4.69) is 43.0 Å². The van der Waals surface area contributed by atoms with Crippen LogP contribution in [-0.2, 0) is 12.8 Å². The largest absolute Gasteiger partial charge is 0.103 e. The van der Waals surface area contributed by atoms with E-state index >= 15 is 0 Å². The predicted octanol–water partition coefficient (Wildman–Crippen LogP) is 4.01. The fourth-order valence-electron chi connectivity index (χ4n) is 1.62. The molecule has 0 aliphatic heterocycles. The molecule has 0 heteroatoms. The Morgan fingerprint density at radius 2 is 1.44 bits per heavy atom. The predicted molar refractivity (Wildman–Crippen MR) is 69.6 cm³/mol. The van der Waals surface area contributed by atoms with Gasteiger partial charge in [-0.05, 0) is 29.5 Å². The summed E-state index contributed by atoms with van der Waals surface area (Å²) in [5, 5.41) is 0. The number of allylic oxidation sites excluding steroid dienone is 1. The fraction of sp³-hybridized carbons (Fsp3) is 0.125. The minimum atomic E-state index is 0.973. The van der Waals surface area contributed by atoms with Crippen LogP contribution in [0.5, 0.6) is 0 Å². The molecule has 1 aliphatic rings. The molecule has 0 atom stereocenters. The van der Waals surface area contributed by atoms with Gasteiger partial charge in [-0.25, -0.2) is 0 Å². The zero-order valence-corrected chi connectivity index (χ0v) is 9.39. The monoisotopic (exact) mass is 208 g/mol. The molecule has 0 nitrogen and oxygen atoms in total. The van der Waals surface area contributed by atoms with Gasteiger partial charge in [0.1, 0.15) is 0 Å². The number of hydrogen-bond acceptors (Lipinski definition) is 0. The van der Waals surface area contributed by atoms with E-state index < -0.39 is 0 Å². The van der Waals surface area contributed by atoms with Crippen LogP contribution in [0.1, 0.15) is 16.7 Å². The molecule has 0 unspecified atom stereocenters. The number of benzene rings is 2. The highest BCUT2D eigenvalue weighted by molar-refractivity contribution is 5.44. The Bertz CT molecular complexity index is 433. The summed E-state index contributed by atoms with van der Waals surface area (Å²) < 4.78 is 0. The fourth-order valence-corrected chi connectivity index (χ4v) is 1.62. The smallest absolute Gasteiger partial charge is 0.00201 e. The van der Waals surface area contributed by atoms with E-state index in [1.807, 2.05) is 24.3 Å². The molecule has 80 valence electrons. The van der Waals surface area contributed by atoms with E-state index in [1.54, 1.807) is 0 Å². The van der Waals surface area contributed by atoms with Gasteiger partial charge in [0.2, 0.25) is 0 Å². The van der Waals surface area contributed by atoms with Gasteiger partial charge in [0.15, 0.2) is 0 Å². The Labute approximate surface area is 97.3 Å². The van der Waals surface area contributed by atoms with Crippen molar-refractivity contribution in [2.45, 2.75) is 12.8 Å². The normalized spacial score (nSPS) is 10.8. The first-order chi connectivity index (χ1) is 7.90. The highest BCUT2D eigenvalue weighted by atomic mass is 14.2. The zero-order valence-electron chi connectivity index (χ0n) is 9.39. The van der Waals surface area contributed by atoms with Crippen LogP contribution < -0.4 is 0 Å². The van der Waals surface area contributed by atoms with Gasteiger partial charge >= 0.3 is 0 Å². The van der Waals surface area contributed by atoms with Gasteiger partial charge in [-0.15, -0.1) is 6.58 Å². The van der Waals surface area contributed by atoms with Crippen LogP contribution in [0.15, 0.2) is 67.3 Å². The van der Waals surface area contributed by atoms with Crippen molar-refractivity contribution in [3.8, 4) is 0 Å². The molecule has 0 heterocycles. The highest BCUT2D eigenvalue weighted by Crippen LogP contribution is 2.25. The number of rotatable bonds is 2. The van der Waals surface area contributed by atoms with Crippen molar-refractivity contribution in [2.24, 2.45) is 0 Å². The van der Waals surface area contributed by atoms with E-state index in [0.29, 0.717) is 0 Å². The molecule has 3 rings (SSSR count). The van der Waals surface area contributed by atoms with Crippen molar-refractivity contribution in [1.29, 1.82) is 0 Å². The lowest BCUT2D eigenvalue weighted by Gasteiger charge is -1.91. The Kier molecular flexibility index (Phi) is 3.55. The van der Waals surface area contributed by atoms with Crippen molar-refractivity contribution < 1.29 is 0 Å². The van der Waals surface area contributed by atoms with Crippen LogP contribution >= 0.6 is 0 Å². The molecule has 0 aromatic heterocycles. The topological polar surface area (TPSA) is 0 Å². The number of fused-ring (bicyclic) bond motifs is 1. The molecule has 0 bridgehead atoms. The zero-order chi connectivity index (χ0) is 11.2. The van der Waals surface area contributed by atoms with E-state index in [4.69, 9.17) is 0 Å². The van der Waals surface area contributed by atoms with Gasteiger partial charge in [-0.2, -0.15) is 0 Å². The molecule has 0 radical (unpaired) electrons. The molecular formula is C16H16. The van der Waals surface area contributed by atoms with Crippen LogP contribution in [-0.4, -0.2) is 0 Å². The Morgan fingerprint density at radius 1 is 0.875 bits per heavy atom. The first-order valence-corrected chi connectivity index (χ1v) is 5.62. The second kappa shape index (κ2) is 5.32. The van der Waals surface area contributed by atoms with Gasteiger partial charge in [-0.3, -0.25) is 0 Å². The average Bonchev–Trinajstić information content (AvgIpc) is 3.11. The van der Waals surface area contributed by atoms with Crippen molar-refractivity contribution in [1.82, 2.24) is 0 Å². The van der Waals surface area contributed by atoms with Crippen molar-refractivity contribution in [3.05, 3.63) is 83.9 Å². The standard InChI is InChI=1S/C9H10.C7H6/c1-2-6-9-7-4-3-5-8-9;1-2-4-7-5-6(7)3-1/h2-5,7-8H,1,6H2;1-4H,5H2. The maximum absolute atomic E-state index is 3.66. The highest BCUT2D eigenvalue weighted by Gasteiger charge is 2.12. The van der Waals surface area contributed by atoms with Crippen LogP contribution in [0.25, 0.3) is 0 Å². The average molecular weight is 208 g/mol. The summed E-state index contributed by atoms with van der Waals surface area (Å²) in [6.45, 7) is 3.66. The van der Waals surface area contributed by atoms with E-state index in [9.17, 15) is 0 Å². The molecule has 1 aliphatic carbocycles. The van der Waals surface area contributed by atoms with Crippen LogP contribution in [0.4, 0.5) is 0 Å². The molecular weight excluding hydrogens is 192 g/mol. The van der Waals surface area contributed by atoms with Crippen molar-refractivity contribution in [3.63, 3.8) is 0 Å². The summed E-state index contributed by atoms with van der Waals surface area (Å²) in [7, 11) is 0. The Balaban J connectivity index is 0.000000123. The molecule has 0 spiro atoms. The summed E-state index contributed by atoms with van der Waals surface area (Å²) in [6, 6.07) is 18.8. The molecule has 0 saturated heterocycles. The van der Waals surface area contributed by atoms with Gasteiger partial charge < -0.3 is 0 Å². The first-order valence-electron chi connectivity index (χ1n) is 5.62. The second-order valence-electron chi connectivity index (χ2n) is 3.92. The molecule has 2 aromatic carbocycles. The van der Waals surface area contributed by atoms with E-state index in [1.165, 1.54) is 23.1 Å². The molecule has 0 saturated carbocycles. The summed E-state index contributed by atoms with van der Waals surface area (Å²) in [6.07, 6.45) is 4.13. The Morgan fingerprint density at radius 3 is 1.94 bits per heavy atom. The first kappa shape index (κ1) is 10.7. The van der Waals surface area contributed by atoms with Gasteiger partial charge in [0.25, 0.3) is 0 Å². The maximum Gasteiger partial charge on any atom is -0.00201 e. The minimum absolute atomic E-state index is 0.973. The van der Waals surface area contributed by atoms with Gasteiger partial charge in [-0.1, -0.05) is 60.7 Å². The lowest BCUT2D eigenvalue weighted by atomic mass is 10.2. The molecule has 0 amide bonds. The third kappa shape index (κ3) is 3.09. The van der Waals surface area contributed by atoms with Crippen LogP contribution in [0.2, 0.25) is 0 Å². The summed E-state index contributed by atoms with van der Waals surface area (Å²) >= 11 is 0. The number of hydrogen-bond donors (Lipinski definition) is 0. The summed E-state index contributed by atoms with van der Waals surface area (Å²) in [5.41, 5.74) is 4.39. The van der Waals surface area contributed by atoms with E-state index in [0.717, 1.165) is 6.42 Å². The maximum atomic E-state index is 3.66. The quantitative estimate of drug-likeness (QED) is 0.558. The lowest BCUT2D eigenvalue weighted by molar-refractivity contribution is 1.28. The SMILES string of the molecule is C=CCc1ccccc1.c1ccc2c(c1)C2. The third-order valence-electron chi connectivity index (χ3n) is 2.60. The van der Waals surface area contributed by atoms with Crippen molar-refractivity contribution in [2.75, 3.05) is 0 Å². The molecule has 16 heavy (non-hydrogen) atoms. The Hall–Kier alpha value is -1.82. The van der Waals surface area contributed by atoms with Gasteiger partial charge in [0, 0.05) is 0 Å². The second-order valence-corrected chi connectivity index (χ2v) is 3.92. The third-order valence-corrected chi connectivity index (χ3v) is 2.60. The van der Waals surface area contributed by atoms with Crippen LogP contribution in [0, 0.1) is 0 Å². The van der Waals surface area contributed by atoms with Crippen LogP contribution in [0.3, 0.4) is 0 Å². The summed E-state index contributed by atoms with van der Waals surface area (Å²) in [5.74, 6) is 0. The lowest BCUT2D eigenvalue weighted by Crippen LogP contribution is -1.75. The molecule has 0 fully saturated rings. The van der Waals surface area contributed by atoms with Gasteiger partial charge in [0.05, 0.1) is 0 Å². The van der Waals surface area contributed by atoms with Crippen molar-refractivity contribution >= 4 is 0 Å².